The van der Waals surface area contributed by atoms with Gasteiger partial charge in [-0.05, 0) is 32.2 Å². The number of halogens is 4. The minimum atomic E-state index is -0.0311. The predicted octanol–water partition coefficient (Wildman–Crippen LogP) is 4.15. The molecule has 0 aliphatic heterocycles. The number of aromatic nitrogens is 1. The van der Waals surface area contributed by atoms with E-state index in [2.05, 4.69) is 15.6 Å². The van der Waals surface area contributed by atoms with Crippen LogP contribution in [0.25, 0.3) is 11.3 Å². The summed E-state index contributed by atoms with van der Waals surface area (Å²) in [5.41, 5.74) is 0.724. The number of amides is 1. The smallest absolute Gasteiger partial charge is 0.220 e. The lowest BCUT2D eigenvalue weighted by molar-refractivity contribution is -0.121. The number of nitrogens with zero attached hydrogens (tertiary/aromatic N) is 1. The number of nitrogens with one attached hydrogen (secondary N) is 2. The lowest BCUT2D eigenvalue weighted by Crippen LogP contribution is -2.37. The van der Waals surface area contributed by atoms with E-state index < -0.39 is 0 Å². The summed E-state index contributed by atoms with van der Waals surface area (Å²) in [5.74, 6) is 1.03. The van der Waals surface area contributed by atoms with Crippen LogP contribution in [0.15, 0.2) is 28.8 Å². The minimum Gasteiger partial charge on any atom is -0.441 e. The van der Waals surface area contributed by atoms with Crippen molar-refractivity contribution in [1.82, 2.24) is 15.6 Å². The van der Waals surface area contributed by atoms with Crippen molar-refractivity contribution in [3.63, 3.8) is 0 Å². The van der Waals surface area contributed by atoms with Gasteiger partial charge in [-0.15, -0.1) is 24.8 Å². The maximum atomic E-state index is 11.8. The first-order valence-corrected chi connectivity index (χ1v) is 8.09. The van der Waals surface area contributed by atoms with Gasteiger partial charge in [0.2, 0.25) is 5.91 Å². The molecule has 1 heterocycles. The Morgan fingerprint density at radius 3 is 2.68 bits per heavy atom. The van der Waals surface area contributed by atoms with Crippen LogP contribution < -0.4 is 10.6 Å². The molecular weight excluding hydrogens is 408 g/mol. The Balaban J connectivity index is 0.00000288. The molecule has 5 nitrogen and oxygen atoms in total. The predicted molar refractivity (Wildman–Crippen MR) is 106 cm³/mol. The molecule has 1 unspecified atom stereocenters. The summed E-state index contributed by atoms with van der Waals surface area (Å²) in [5, 5.41) is 6.97. The number of hydrogen-bond acceptors (Lipinski definition) is 4. The number of benzene rings is 1. The van der Waals surface area contributed by atoms with E-state index in [4.69, 9.17) is 27.6 Å². The molecule has 0 bridgehead atoms. The van der Waals surface area contributed by atoms with Gasteiger partial charge >= 0.3 is 0 Å². The van der Waals surface area contributed by atoms with Crippen molar-refractivity contribution in [1.29, 1.82) is 0 Å². The summed E-state index contributed by atoms with van der Waals surface area (Å²) in [4.78, 5) is 15.9. The molecule has 2 aromatic rings. The van der Waals surface area contributed by atoms with Crippen molar-refractivity contribution in [3.05, 3.63) is 40.3 Å². The molecule has 0 radical (unpaired) electrons. The minimum absolute atomic E-state index is 0. The van der Waals surface area contributed by atoms with Gasteiger partial charge in [0.05, 0.1) is 11.2 Å². The number of carbonyl (C=O) groups is 1. The molecule has 1 atom stereocenters. The van der Waals surface area contributed by atoms with Crippen LogP contribution in [0, 0.1) is 0 Å². The van der Waals surface area contributed by atoms with Crippen LogP contribution in [0.1, 0.15) is 19.2 Å². The van der Waals surface area contributed by atoms with E-state index in [0.717, 1.165) is 5.56 Å². The Morgan fingerprint density at radius 2 is 2.04 bits per heavy atom. The van der Waals surface area contributed by atoms with E-state index in [9.17, 15) is 4.79 Å². The van der Waals surface area contributed by atoms with Crippen molar-refractivity contribution >= 4 is 53.9 Å². The topological polar surface area (TPSA) is 67.2 Å². The Hall–Kier alpha value is -0.980. The van der Waals surface area contributed by atoms with Gasteiger partial charge in [-0.1, -0.05) is 23.2 Å². The van der Waals surface area contributed by atoms with Gasteiger partial charge in [0.15, 0.2) is 11.7 Å². The molecule has 1 aromatic heterocycles. The van der Waals surface area contributed by atoms with Crippen LogP contribution in [-0.2, 0) is 11.2 Å². The summed E-state index contributed by atoms with van der Waals surface area (Å²) < 4.78 is 5.66. The van der Waals surface area contributed by atoms with Crippen molar-refractivity contribution < 1.29 is 9.21 Å². The highest BCUT2D eigenvalue weighted by atomic mass is 35.5. The Morgan fingerprint density at radius 1 is 1.32 bits per heavy atom. The molecule has 25 heavy (non-hydrogen) atoms. The number of hydrogen-bond donors (Lipinski definition) is 2. The van der Waals surface area contributed by atoms with E-state index in [1.54, 1.807) is 24.4 Å². The fourth-order valence-corrected chi connectivity index (χ4v) is 2.42. The second-order valence-corrected chi connectivity index (χ2v) is 6.08. The number of aryl methyl sites for hydroxylation is 1. The molecule has 0 saturated carbocycles. The van der Waals surface area contributed by atoms with E-state index in [1.807, 2.05) is 14.0 Å². The van der Waals surface area contributed by atoms with Crippen LogP contribution >= 0.6 is 48.0 Å². The average Bonchev–Trinajstić information content (AvgIpc) is 2.99. The molecule has 1 amide bonds. The maximum Gasteiger partial charge on any atom is 0.220 e. The molecule has 0 spiro atoms. The fourth-order valence-electron chi connectivity index (χ4n) is 1.92. The van der Waals surface area contributed by atoms with Crippen LogP contribution in [0.2, 0.25) is 10.0 Å². The van der Waals surface area contributed by atoms with Crippen LogP contribution in [0.5, 0.6) is 0 Å². The Kier molecular flexibility index (Phi) is 11.1. The molecule has 9 heteroatoms. The van der Waals surface area contributed by atoms with Gasteiger partial charge in [0, 0.05) is 36.0 Å². The van der Waals surface area contributed by atoms with Crippen molar-refractivity contribution in [3.8, 4) is 11.3 Å². The molecule has 2 N–H and O–H groups in total. The van der Waals surface area contributed by atoms with Crippen LogP contribution in [0.3, 0.4) is 0 Å². The maximum absolute atomic E-state index is 11.8. The van der Waals surface area contributed by atoms with E-state index >= 15 is 0 Å². The number of oxazole rings is 1. The van der Waals surface area contributed by atoms with Gasteiger partial charge in [-0.25, -0.2) is 4.98 Å². The normalized spacial score (nSPS) is 11.2. The second-order valence-electron chi connectivity index (χ2n) is 5.24. The number of likely N-dealkylation sites (N-methyl/N-ethyl adjacent to an activating group) is 1. The van der Waals surface area contributed by atoms with E-state index in [1.165, 1.54) is 0 Å². The van der Waals surface area contributed by atoms with Gasteiger partial charge in [-0.2, -0.15) is 0 Å². The van der Waals surface area contributed by atoms with Gasteiger partial charge < -0.3 is 15.1 Å². The van der Waals surface area contributed by atoms with Crippen LogP contribution in [0.4, 0.5) is 0 Å². The standard InChI is InChI=1S/C16H19Cl2N3O2.2ClH/c1-10(19-2)8-20-15(22)5-6-16-21-9-14(23-16)12-4-3-11(17)7-13(12)18;;/h3-4,7,9-10,19H,5-6,8H2,1-2H3,(H,20,22);2*1H. The number of rotatable bonds is 7. The van der Waals surface area contributed by atoms with Crippen molar-refractivity contribution in [2.24, 2.45) is 0 Å². The quantitative estimate of drug-likeness (QED) is 0.694. The average molecular weight is 429 g/mol. The zero-order valence-electron chi connectivity index (χ0n) is 13.8. The monoisotopic (exact) mass is 427 g/mol. The molecule has 0 aliphatic rings. The van der Waals surface area contributed by atoms with E-state index in [-0.39, 0.29) is 36.8 Å². The highest BCUT2D eigenvalue weighted by molar-refractivity contribution is 6.36. The zero-order valence-corrected chi connectivity index (χ0v) is 17.0. The first kappa shape index (κ1) is 24.0. The van der Waals surface area contributed by atoms with Gasteiger partial charge in [0.1, 0.15) is 0 Å². The highest BCUT2D eigenvalue weighted by Crippen LogP contribution is 2.30. The molecule has 0 saturated heterocycles. The SMILES string of the molecule is CNC(C)CNC(=O)CCc1ncc(-c2ccc(Cl)cc2Cl)o1.Cl.Cl. The molecular formula is C16H21Cl4N3O2. The summed E-state index contributed by atoms with van der Waals surface area (Å²) in [6.45, 7) is 2.59. The first-order chi connectivity index (χ1) is 11.0. The first-order valence-electron chi connectivity index (χ1n) is 7.33. The number of carbonyl (C=O) groups excluding carboxylic acids is 1. The van der Waals surface area contributed by atoms with E-state index in [0.29, 0.717) is 41.1 Å². The summed E-state index contributed by atoms with van der Waals surface area (Å²) in [6.07, 6.45) is 2.36. The summed E-state index contributed by atoms with van der Waals surface area (Å²) in [7, 11) is 1.85. The van der Waals surface area contributed by atoms with Gasteiger partial charge in [-0.3, -0.25) is 4.79 Å². The lowest BCUT2D eigenvalue weighted by atomic mass is 10.2. The van der Waals surface area contributed by atoms with Crippen molar-refractivity contribution in [2.75, 3.05) is 13.6 Å². The third-order valence-corrected chi connectivity index (χ3v) is 3.96. The largest absolute Gasteiger partial charge is 0.441 e. The fraction of sp³-hybridized carbons (Fsp3) is 0.375. The molecule has 2 rings (SSSR count). The molecule has 0 fully saturated rings. The zero-order chi connectivity index (χ0) is 16.8. The summed E-state index contributed by atoms with van der Waals surface area (Å²) >= 11 is 12.0. The Bertz CT molecular complexity index is 679. The Labute approximate surface area is 169 Å². The van der Waals surface area contributed by atoms with Gasteiger partial charge in [0.25, 0.3) is 0 Å². The summed E-state index contributed by atoms with van der Waals surface area (Å²) in [6, 6.07) is 5.40. The van der Waals surface area contributed by atoms with Crippen LogP contribution in [-0.4, -0.2) is 30.5 Å². The third-order valence-electron chi connectivity index (χ3n) is 3.41. The molecule has 1 aromatic carbocycles. The second kappa shape index (κ2) is 11.6. The molecule has 140 valence electrons. The highest BCUT2D eigenvalue weighted by Gasteiger charge is 2.12. The molecule has 0 aliphatic carbocycles. The lowest BCUT2D eigenvalue weighted by Gasteiger charge is -2.10. The van der Waals surface area contributed by atoms with Crippen molar-refractivity contribution in [2.45, 2.75) is 25.8 Å². The third kappa shape index (κ3) is 7.42.